The van der Waals surface area contributed by atoms with Crippen molar-refractivity contribution in [3.63, 3.8) is 0 Å². The average molecular weight is 415 g/mol. The highest BCUT2D eigenvalue weighted by Crippen LogP contribution is 2.22. The lowest BCUT2D eigenvalue weighted by atomic mass is 10.1. The number of thiophene rings is 1. The van der Waals surface area contributed by atoms with Gasteiger partial charge in [0.2, 0.25) is 5.91 Å². The highest BCUT2D eigenvalue weighted by Gasteiger charge is 2.35. The minimum atomic E-state index is -0.326. The molecule has 29 heavy (non-hydrogen) atoms. The molecular formula is C21H24N3O4S+. The lowest BCUT2D eigenvalue weighted by molar-refractivity contribution is -0.937. The summed E-state index contributed by atoms with van der Waals surface area (Å²) < 4.78 is 5.46. The van der Waals surface area contributed by atoms with Crippen LogP contribution in [0.4, 0.5) is 0 Å². The number of benzene rings is 1. The molecule has 0 bridgehead atoms. The molecule has 1 saturated heterocycles. The van der Waals surface area contributed by atoms with E-state index in [2.05, 4.69) is 11.4 Å². The van der Waals surface area contributed by atoms with Gasteiger partial charge in [0, 0.05) is 13.0 Å². The van der Waals surface area contributed by atoms with Crippen molar-refractivity contribution in [3.8, 4) is 0 Å². The molecule has 8 heteroatoms. The SMILES string of the molecule is O=C(CCN1C(=O)c2ccccc2C1=O)NC[C@H](c1cccs1)[NH+]1CCOCC1. The topological polar surface area (TPSA) is 80.2 Å². The number of hydrogen-bond acceptors (Lipinski definition) is 5. The zero-order valence-corrected chi connectivity index (χ0v) is 16.9. The Morgan fingerprint density at radius 2 is 1.79 bits per heavy atom. The van der Waals surface area contributed by atoms with Crippen molar-refractivity contribution in [1.82, 2.24) is 10.2 Å². The normalized spacial score (nSPS) is 18.0. The Labute approximate surface area is 173 Å². The van der Waals surface area contributed by atoms with Gasteiger partial charge in [0.1, 0.15) is 19.1 Å². The van der Waals surface area contributed by atoms with Gasteiger partial charge in [-0.15, -0.1) is 11.3 Å². The van der Waals surface area contributed by atoms with Crippen LogP contribution >= 0.6 is 11.3 Å². The van der Waals surface area contributed by atoms with E-state index in [4.69, 9.17) is 4.74 Å². The van der Waals surface area contributed by atoms with Crippen LogP contribution < -0.4 is 10.2 Å². The van der Waals surface area contributed by atoms with Crippen molar-refractivity contribution >= 4 is 29.1 Å². The zero-order chi connectivity index (χ0) is 20.2. The molecule has 0 unspecified atom stereocenters. The minimum absolute atomic E-state index is 0.0895. The van der Waals surface area contributed by atoms with E-state index < -0.39 is 0 Å². The Bertz CT molecular complexity index is 858. The molecule has 1 fully saturated rings. The van der Waals surface area contributed by atoms with Gasteiger partial charge in [-0.05, 0) is 23.6 Å². The van der Waals surface area contributed by atoms with Crippen LogP contribution in [0.15, 0.2) is 41.8 Å². The van der Waals surface area contributed by atoms with Gasteiger partial charge in [-0.25, -0.2) is 0 Å². The Kier molecular flexibility index (Phi) is 6.03. The number of carbonyl (C=O) groups excluding carboxylic acids is 3. The summed E-state index contributed by atoms with van der Waals surface area (Å²) in [5.41, 5.74) is 0.818. The maximum Gasteiger partial charge on any atom is 0.261 e. The third kappa shape index (κ3) is 4.24. The number of fused-ring (bicyclic) bond motifs is 1. The van der Waals surface area contributed by atoms with Crippen LogP contribution in [0.25, 0.3) is 0 Å². The summed E-state index contributed by atoms with van der Waals surface area (Å²) in [6, 6.07) is 11.1. The fourth-order valence-electron chi connectivity index (χ4n) is 3.88. The summed E-state index contributed by atoms with van der Waals surface area (Å²) in [7, 11) is 0. The molecule has 3 amide bonds. The zero-order valence-electron chi connectivity index (χ0n) is 16.1. The van der Waals surface area contributed by atoms with Crippen molar-refractivity contribution in [2.45, 2.75) is 12.5 Å². The summed E-state index contributed by atoms with van der Waals surface area (Å²) in [5, 5.41) is 5.05. The number of quaternary nitrogens is 1. The quantitative estimate of drug-likeness (QED) is 0.647. The number of morpholine rings is 1. The number of rotatable bonds is 7. The third-order valence-corrected chi connectivity index (χ3v) is 6.44. The molecule has 7 nitrogen and oxygen atoms in total. The lowest BCUT2D eigenvalue weighted by Gasteiger charge is -2.31. The van der Waals surface area contributed by atoms with Crippen LogP contribution in [0.2, 0.25) is 0 Å². The van der Waals surface area contributed by atoms with Crippen LogP contribution in [-0.2, 0) is 9.53 Å². The molecule has 0 radical (unpaired) electrons. The van der Waals surface area contributed by atoms with Crippen LogP contribution in [0, 0.1) is 0 Å². The number of amides is 3. The van der Waals surface area contributed by atoms with Crippen molar-refractivity contribution in [2.75, 3.05) is 39.4 Å². The van der Waals surface area contributed by atoms with E-state index in [9.17, 15) is 14.4 Å². The molecule has 2 aliphatic heterocycles. The van der Waals surface area contributed by atoms with Gasteiger partial charge in [-0.1, -0.05) is 18.2 Å². The average Bonchev–Trinajstić information content (AvgIpc) is 3.36. The van der Waals surface area contributed by atoms with Gasteiger partial charge in [-0.2, -0.15) is 0 Å². The van der Waals surface area contributed by atoms with Crippen molar-refractivity contribution < 1.29 is 24.0 Å². The Balaban J connectivity index is 1.32. The van der Waals surface area contributed by atoms with E-state index in [1.807, 2.05) is 11.4 Å². The van der Waals surface area contributed by atoms with E-state index in [0.717, 1.165) is 31.2 Å². The van der Waals surface area contributed by atoms with E-state index in [1.54, 1.807) is 35.6 Å². The summed E-state index contributed by atoms with van der Waals surface area (Å²) in [5.74, 6) is -0.809. The molecule has 0 aliphatic carbocycles. The number of carbonyl (C=O) groups is 3. The van der Waals surface area contributed by atoms with E-state index in [-0.39, 0.29) is 36.7 Å². The highest BCUT2D eigenvalue weighted by atomic mass is 32.1. The van der Waals surface area contributed by atoms with Crippen molar-refractivity contribution in [1.29, 1.82) is 0 Å². The number of nitrogens with one attached hydrogen (secondary N) is 2. The van der Waals surface area contributed by atoms with E-state index in [0.29, 0.717) is 17.7 Å². The second-order valence-electron chi connectivity index (χ2n) is 7.20. The first kappa shape index (κ1) is 19.8. The lowest BCUT2D eigenvalue weighted by Crippen LogP contribution is -3.15. The van der Waals surface area contributed by atoms with E-state index in [1.165, 1.54) is 9.78 Å². The predicted molar refractivity (Wildman–Crippen MR) is 108 cm³/mol. The van der Waals surface area contributed by atoms with Crippen LogP contribution in [0.1, 0.15) is 38.1 Å². The molecule has 0 saturated carbocycles. The van der Waals surface area contributed by atoms with E-state index >= 15 is 0 Å². The monoisotopic (exact) mass is 414 g/mol. The van der Waals surface area contributed by atoms with Gasteiger partial charge in [0.05, 0.1) is 35.8 Å². The first-order valence-corrected chi connectivity index (χ1v) is 10.7. The Morgan fingerprint density at radius 3 is 2.41 bits per heavy atom. The first-order valence-electron chi connectivity index (χ1n) is 9.83. The molecule has 2 aliphatic rings. The molecule has 1 aromatic carbocycles. The minimum Gasteiger partial charge on any atom is -0.370 e. The number of imide groups is 1. The Hall–Kier alpha value is -2.55. The fraction of sp³-hybridized carbons (Fsp3) is 0.381. The molecular weight excluding hydrogens is 390 g/mol. The maximum atomic E-state index is 12.5. The van der Waals surface area contributed by atoms with Gasteiger partial charge >= 0.3 is 0 Å². The van der Waals surface area contributed by atoms with Gasteiger partial charge < -0.3 is 15.0 Å². The molecule has 0 spiro atoms. The van der Waals surface area contributed by atoms with Gasteiger partial charge in [-0.3, -0.25) is 19.3 Å². The molecule has 1 aromatic heterocycles. The summed E-state index contributed by atoms with van der Waals surface area (Å²) >= 11 is 1.69. The van der Waals surface area contributed by atoms with Crippen LogP contribution in [0.5, 0.6) is 0 Å². The second-order valence-corrected chi connectivity index (χ2v) is 8.18. The summed E-state index contributed by atoms with van der Waals surface area (Å²) in [6.45, 7) is 3.89. The van der Waals surface area contributed by atoms with Gasteiger partial charge in [0.15, 0.2) is 0 Å². The van der Waals surface area contributed by atoms with Crippen LogP contribution in [-0.4, -0.2) is 62.0 Å². The smallest absolute Gasteiger partial charge is 0.261 e. The first-order chi connectivity index (χ1) is 14.1. The number of nitrogens with zero attached hydrogens (tertiary/aromatic N) is 1. The molecule has 2 aromatic rings. The molecule has 3 heterocycles. The number of ether oxygens (including phenoxy) is 1. The van der Waals surface area contributed by atoms with Crippen molar-refractivity contribution in [2.24, 2.45) is 0 Å². The van der Waals surface area contributed by atoms with Crippen molar-refractivity contribution in [3.05, 3.63) is 57.8 Å². The summed E-state index contributed by atoms with van der Waals surface area (Å²) in [6.07, 6.45) is 0.0983. The molecule has 2 N–H and O–H groups in total. The van der Waals surface area contributed by atoms with Crippen LogP contribution in [0.3, 0.4) is 0 Å². The third-order valence-electron chi connectivity index (χ3n) is 5.46. The number of hydrogen-bond donors (Lipinski definition) is 2. The predicted octanol–water partition coefficient (Wildman–Crippen LogP) is 0.507. The summed E-state index contributed by atoms with van der Waals surface area (Å²) in [4.78, 5) is 41.1. The second kappa shape index (κ2) is 8.86. The fourth-order valence-corrected chi connectivity index (χ4v) is 4.76. The largest absolute Gasteiger partial charge is 0.370 e. The molecule has 1 atom stereocenters. The maximum absolute atomic E-state index is 12.5. The molecule has 4 rings (SSSR count). The molecule has 152 valence electrons. The highest BCUT2D eigenvalue weighted by molar-refractivity contribution is 7.10. The standard InChI is InChI=1S/C21H23N3O4S/c25-19(7-8-24-20(26)15-4-1-2-5-16(15)21(24)27)22-14-17(18-6-3-13-29-18)23-9-11-28-12-10-23/h1-6,13,17H,7-12,14H2,(H,22,25)/p+1/t17-/m1/s1. The van der Waals surface area contributed by atoms with Gasteiger partial charge in [0.25, 0.3) is 11.8 Å². The Morgan fingerprint density at radius 1 is 1.10 bits per heavy atom.